The Bertz CT molecular complexity index is 265. The Morgan fingerprint density at radius 2 is 1.79 bits per heavy atom. The largest absolute Gasteiger partial charge is 0.385 e. The van der Waals surface area contributed by atoms with E-state index in [-0.39, 0.29) is 11.4 Å². The minimum atomic E-state index is -0.274. The summed E-state index contributed by atoms with van der Waals surface area (Å²) in [5.41, 5.74) is 6.00. The lowest BCUT2D eigenvalue weighted by Crippen LogP contribution is -2.44. The van der Waals surface area contributed by atoms with Gasteiger partial charge in [-0.15, -0.1) is 0 Å². The summed E-state index contributed by atoms with van der Waals surface area (Å²) in [6.07, 6.45) is 5.54. The van der Waals surface area contributed by atoms with Crippen LogP contribution in [-0.4, -0.2) is 56.9 Å². The number of hydrogen-bond acceptors (Lipinski definition) is 4. The summed E-state index contributed by atoms with van der Waals surface area (Å²) in [7, 11) is 3.33. The first-order chi connectivity index (χ1) is 9.11. The lowest BCUT2D eigenvalue weighted by molar-refractivity contribution is -0.133. The van der Waals surface area contributed by atoms with Crippen molar-refractivity contribution >= 4 is 5.91 Å². The Labute approximate surface area is 116 Å². The molecule has 5 nitrogen and oxygen atoms in total. The molecule has 0 heterocycles. The fraction of sp³-hybridized carbons (Fsp3) is 0.929. The Morgan fingerprint density at radius 1 is 1.16 bits per heavy atom. The molecule has 1 aliphatic carbocycles. The molecule has 1 amide bonds. The lowest BCUT2D eigenvalue weighted by Gasteiger charge is -2.28. The van der Waals surface area contributed by atoms with Crippen LogP contribution in [-0.2, 0) is 14.3 Å². The molecule has 0 aromatic heterocycles. The summed E-state index contributed by atoms with van der Waals surface area (Å²) >= 11 is 0. The van der Waals surface area contributed by atoms with Gasteiger partial charge in [0.25, 0.3) is 0 Å². The molecule has 0 atom stereocenters. The smallest absolute Gasteiger partial charge is 0.224 e. The van der Waals surface area contributed by atoms with Gasteiger partial charge in [0.15, 0.2) is 0 Å². The number of ether oxygens (including phenoxy) is 2. The first-order valence-corrected chi connectivity index (χ1v) is 7.16. The molecule has 5 heteroatoms. The molecule has 1 fully saturated rings. The zero-order chi connectivity index (χ0) is 14.1. The first kappa shape index (κ1) is 16.4. The van der Waals surface area contributed by atoms with Crippen molar-refractivity contribution in [1.29, 1.82) is 0 Å². The van der Waals surface area contributed by atoms with Gasteiger partial charge in [-0.05, 0) is 19.3 Å². The zero-order valence-corrected chi connectivity index (χ0v) is 12.3. The van der Waals surface area contributed by atoms with E-state index >= 15 is 0 Å². The minimum absolute atomic E-state index is 0.151. The predicted octanol–water partition coefficient (Wildman–Crippen LogP) is 1.16. The molecule has 0 unspecified atom stereocenters. The van der Waals surface area contributed by atoms with Crippen LogP contribution in [0.1, 0.15) is 38.5 Å². The third-order valence-electron chi connectivity index (χ3n) is 3.80. The van der Waals surface area contributed by atoms with Gasteiger partial charge < -0.3 is 20.1 Å². The third kappa shape index (κ3) is 5.89. The summed E-state index contributed by atoms with van der Waals surface area (Å²) in [5, 5.41) is 0. The van der Waals surface area contributed by atoms with E-state index in [9.17, 15) is 4.79 Å². The van der Waals surface area contributed by atoms with Crippen LogP contribution in [0.4, 0.5) is 0 Å². The van der Waals surface area contributed by atoms with Crippen LogP contribution in [0, 0.1) is 0 Å². The average Bonchev–Trinajstić information content (AvgIpc) is 2.80. The van der Waals surface area contributed by atoms with Gasteiger partial charge in [-0.25, -0.2) is 0 Å². The molecule has 0 aliphatic heterocycles. The number of carbonyl (C=O) groups is 1. The number of amides is 1. The number of carbonyl (C=O) groups excluding carboxylic acids is 1. The topological polar surface area (TPSA) is 64.8 Å². The molecular formula is C14H28N2O3. The zero-order valence-electron chi connectivity index (χ0n) is 12.3. The second kappa shape index (κ2) is 8.51. The van der Waals surface area contributed by atoms with E-state index in [0.29, 0.717) is 32.7 Å². The van der Waals surface area contributed by atoms with Crippen molar-refractivity contribution in [2.75, 3.05) is 40.5 Å². The van der Waals surface area contributed by atoms with Crippen LogP contribution < -0.4 is 5.73 Å². The van der Waals surface area contributed by atoms with E-state index in [1.165, 1.54) is 0 Å². The number of nitrogens with zero attached hydrogens (tertiary/aromatic N) is 1. The van der Waals surface area contributed by atoms with Crippen molar-refractivity contribution < 1.29 is 14.3 Å². The molecular weight excluding hydrogens is 244 g/mol. The Hall–Kier alpha value is -0.650. The van der Waals surface area contributed by atoms with Crippen molar-refractivity contribution in [1.82, 2.24) is 4.90 Å². The highest BCUT2D eigenvalue weighted by Gasteiger charge is 2.33. The summed E-state index contributed by atoms with van der Waals surface area (Å²) in [6, 6.07) is 0. The minimum Gasteiger partial charge on any atom is -0.385 e. The standard InChI is InChI=1S/C14H28N2O3/c1-18-10-5-8-16(9-11-19-2)13(17)12-14(15)6-3-4-7-14/h3-12,15H2,1-2H3. The van der Waals surface area contributed by atoms with E-state index in [2.05, 4.69) is 0 Å². The summed E-state index contributed by atoms with van der Waals surface area (Å²) < 4.78 is 10.1. The molecule has 112 valence electrons. The monoisotopic (exact) mass is 272 g/mol. The van der Waals surface area contributed by atoms with E-state index in [1.807, 2.05) is 4.90 Å². The normalized spacial score (nSPS) is 17.6. The molecule has 0 radical (unpaired) electrons. The van der Waals surface area contributed by atoms with Gasteiger partial charge in [0.2, 0.25) is 5.91 Å². The predicted molar refractivity (Wildman–Crippen MR) is 75.0 cm³/mol. The number of methoxy groups -OCH3 is 2. The van der Waals surface area contributed by atoms with Crippen molar-refractivity contribution in [2.45, 2.75) is 44.1 Å². The average molecular weight is 272 g/mol. The van der Waals surface area contributed by atoms with Crippen LogP contribution in [0.25, 0.3) is 0 Å². The molecule has 1 saturated carbocycles. The Morgan fingerprint density at radius 3 is 2.37 bits per heavy atom. The molecule has 2 N–H and O–H groups in total. The lowest BCUT2D eigenvalue weighted by atomic mass is 9.94. The van der Waals surface area contributed by atoms with Crippen LogP contribution in [0.15, 0.2) is 0 Å². The summed E-state index contributed by atoms with van der Waals surface area (Å²) in [5.74, 6) is 0.151. The highest BCUT2D eigenvalue weighted by atomic mass is 16.5. The molecule has 0 aromatic rings. The quantitative estimate of drug-likeness (QED) is 0.640. The number of hydrogen-bond donors (Lipinski definition) is 1. The van der Waals surface area contributed by atoms with Crippen molar-refractivity contribution in [3.05, 3.63) is 0 Å². The van der Waals surface area contributed by atoms with Gasteiger partial charge in [-0.1, -0.05) is 12.8 Å². The van der Waals surface area contributed by atoms with Crippen LogP contribution in [0.3, 0.4) is 0 Å². The molecule has 0 saturated heterocycles. The second-order valence-electron chi connectivity index (χ2n) is 5.47. The third-order valence-corrected chi connectivity index (χ3v) is 3.80. The van der Waals surface area contributed by atoms with E-state index < -0.39 is 0 Å². The summed E-state index contributed by atoms with van der Waals surface area (Å²) in [6.45, 7) is 2.59. The maximum Gasteiger partial charge on any atom is 0.224 e. The molecule has 0 aromatic carbocycles. The van der Waals surface area contributed by atoms with Crippen molar-refractivity contribution in [3.63, 3.8) is 0 Å². The van der Waals surface area contributed by atoms with E-state index in [1.54, 1.807) is 14.2 Å². The SMILES string of the molecule is COCCCN(CCOC)C(=O)CC1(N)CCCC1. The van der Waals surface area contributed by atoms with E-state index in [0.717, 1.165) is 32.1 Å². The van der Waals surface area contributed by atoms with Crippen LogP contribution in [0.5, 0.6) is 0 Å². The van der Waals surface area contributed by atoms with Gasteiger partial charge in [0, 0.05) is 45.9 Å². The van der Waals surface area contributed by atoms with Crippen molar-refractivity contribution in [2.24, 2.45) is 5.73 Å². The van der Waals surface area contributed by atoms with Gasteiger partial charge in [0.1, 0.15) is 0 Å². The molecule has 1 rings (SSSR count). The molecule has 0 bridgehead atoms. The highest BCUT2D eigenvalue weighted by molar-refractivity contribution is 5.77. The van der Waals surface area contributed by atoms with Gasteiger partial charge >= 0.3 is 0 Å². The molecule has 19 heavy (non-hydrogen) atoms. The highest BCUT2D eigenvalue weighted by Crippen LogP contribution is 2.30. The van der Waals surface area contributed by atoms with Gasteiger partial charge in [0.05, 0.1) is 6.61 Å². The Kier molecular flexibility index (Phi) is 7.34. The molecule has 0 spiro atoms. The van der Waals surface area contributed by atoms with Gasteiger partial charge in [-0.3, -0.25) is 4.79 Å². The first-order valence-electron chi connectivity index (χ1n) is 7.16. The molecule has 1 aliphatic rings. The Balaban J connectivity index is 2.44. The maximum absolute atomic E-state index is 12.4. The van der Waals surface area contributed by atoms with Gasteiger partial charge in [-0.2, -0.15) is 0 Å². The number of nitrogens with two attached hydrogens (primary N) is 1. The van der Waals surface area contributed by atoms with E-state index in [4.69, 9.17) is 15.2 Å². The second-order valence-corrected chi connectivity index (χ2v) is 5.47. The number of rotatable bonds is 9. The fourth-order valence-electron chi connectivity index (χ4n) is 2.63. The van der Waals surface area contributed by atoms with Crippen molar-refractivity contribution in [3.8, 4) is 0 Å². The maximum atomic E-state index is 12.4. The van der Waals surface area contributed by atoms with Crippen LogP contribution in [0.2, 0.25) is 0 Å². The van der Waals surface area contributed by atoms with Crippen LogP contribution >= 0.6 is 0 Å². The summed E-state index contributed by atoms with van der Waals surface area (Å²) in [4.78, 5) is 14.2. The fourth-order valence-corrected chi connectivity index (χ4v) is 2.63.